The van der Waals surface area contributed by atoms with Gasteiger partial charge in [-0.1, -0.05) is 13.8 Å². The van der Waals surface area contributed by atoms with Crippen LogP contribution in [0, 0.1) is 5.92 Å². The zero-order chi connectivity index (χ0) is 51.1. The molecule has 0 fully saturated rings. The molecule has 0 aromatic carbocycles. The molecule has 0 rings (SSSR count). The van der Waals surface area contributed by atoms with E-state index in [4.69, 9.17) is 104 Å². The summed E-state index contributed by atoms with van der Waals surface area (Å²) in [5.41, 5.74) is 0. The van der Waals surface area contributed by atoms with E-state index in [0.29, 0.717) is 277 Å². The second-order valence-corrected chi connectivity index (χ2v) is 14.9. The first-order valence-electron chi connectivity index (χ1n) is 25.3. The number of rotatable bonds is 66. The van der Waals surface area contributed by atoms with E-state index in [1.54, 1.807) is 7.11 Å². The molecule has 0 saturated carbocycles. The lowest BCUT2D eigenvalue weighted by Gasteiger charge is -2.09. The van der Waals surface area contributed by atoms with Crippen LogP contribution >= 0.6 is 0 Å². The lowest BCUT2D eigenvalue weighted by Crippen LogP contribution is -2.17. The van der Waals surface area contributed by atoms with Crippen LogP contribution < -0.4 is 0 Å². The van der Waals surface area contributed by atoms with Crippen molar-refractivity contribution >= 4 is 5.78 Å². The van der Waals surface area contributed by atoms with E-state index in [1.807, 2.05) is 13.8 Å². The standard InChI is InChI=1S/C48H96O23/c1-47(2)48(49)46-71-45-44-70-43-42-69-41-40-68-39-38-67-37-36-66-35-34-65-33-32-64-31-30-63-29-28-62-27-26-61-25-24-60-23-22-59-21-20-58-19-18-57-17-16-56-15-14-55-13-12-54-11-10-53-9-8-52-7-6-51-5-4-50-3/h47H,4-46H2,1-3H3. The average molecular weight is 1040 g/mol. The molecule has 0 aliphatic carbocycles. The molecule has 0 unspecified atom stereocenters. The second kappa shape index (κ2) is 64.9. The van der Waals surface area contributed by atoms with Crippen molar-refractivity contribution in [3.8, 4) is 0 Å². The van der Waals surface area contributed by atoms with Gasteiger partial charge in [0, 0.05) is 13.0 Å². The zero-order valence-corrected chi connectivity index (χ0v) is 43.9. The Bertz CT molecular complexity index is 978. The van der Waals surface area contributed by atoms with Gasteiger partial charge < -0.3 is 104 Å². The van der Waals surface area contributed by atoms with Crippen molar-refractivity contribution in [1.82, 2.24) is 0 Å². The van der Waals surface area contributed by atoms with Crippen LogP contribution in [0.2, 0.25) is 0 Å². The van der Waals surface area contributed by atoms with E-state index < -0.39 is 0 Å². The lowest BCUT2D eigenvalue weighted by molar-refractivity contribution is -0.127. The summed E-state index contributed by atoms with van der Waals surface area (Å²) < 4.78 is 120. The van der Waals surface area contributed by atoms with Crippen molar-refractivity contribution in [3.63, 3.8) is 0 Å². The monoisotopic (exact) mass is 1040 g/mol. The molecule has 0 aliphatic rings. The van der Waals surface area contributed by atoms with Crippen LogP contribution in [0.1, 0.15) is 13.8 Å². The molecular weight excluding hydrogens is 945 g/mol. The number of Topliss-reactive ketones (excluding diaryl/α,β-unsaturated/α-hetero) is 1. The van der Waals surface area contributed by atoms with Gasteiger partial charge in [0.1, 0.15) is 6.61 Å². The highest BCUT2D eigenvalue weighted by Gasteiger charge is 2.06. The number of ether oxygens (including phenoxy) is 22. The van der Waals surface area contributed by atoms with Gasteiger partial charge in [-0.15, -0.1) is 0 Å². The van der Waals surface area contributed by atoms with Gasteiger partial charge in [-0.2, -0.15) is 0 Å². The fourth-order valence-electron chi connectivity index (χ4n) is 4.88. The molecule has 71 heavy (non-hydrogen) atoms. The first kappa shape index (κ1) is 69.8. The van der Waals surface area contributed by atoms with Gasteiger partial charge in [0.15, 0.2) is 5.78 Å². The van der Waals surface area contributed by atoms with Gasteiger partial charge in [-0.25, -0.2) is 0 Å². The van der Waals surface area contributed by atoms with Crippen LogP contribution in [-0.2, 0) is 109 Å². The first-order valence-corrected chi connectivity index (χ1v) is 25.3. The van der Waals surface area contributed by atoms with Crippen molar-refractivity contribution in [2.75, 3.05) is 291 Å². The van der Waals surface area contributed by atoms with Crippen LogP contribution in [0.15, 0.2) is 0 Å². The summed E-state index contributed by atoms with van der Waals surface area (Å²) in [4.78, 5) is 11.4. The number of methoxy groups -OCH3 is 1. The Hall–Kier alpha value is -1.21. The van der Waals surface area contributed by atoms with Crippen molar-refractivity contribution in [2.45, 2.75) is 13.8 Å². The van der Waals surface area contributed by atoms with Gasteiger partial charge in [0.2, 0.25) is 0 Å². The molecule has 0 N–H and O–H groups in total. The predicted molar refractivity (Wildman–Crippen MR) is 259 cm³/mol. The molecular formula is C48H96O23. The van der Waals surface area contributed by atoms with Gasteiger partial charge in [0.05, 0.1) is 277 Å². The number of carbonyl (C=O) groups is 1. The number of carbonyl (C=O) groups excluding carboxylic acids is 1. The molecule has 0 bridgehead atoms. The minimum absolute atomic E-state index is 0.0102. The number of hydrogen-bond acceptors (Lipinski definition) is 23. The maximum Gasteiger partial charge on any atom is 0.160 e. The fourth-order valence-corrected chi connectivity index (χ4v) is 4.88. The third-order valence-electron chi connectivity index (χ3n) is 8.76. The number of ketones is 1. The van der Waals surface area contributed by atoms with E-state index >= 15 is 0 Å². The minimum Gasteiger partial charge on any atom is -0.382 e. The smallest absolute Gasteiger partial charge is 0.160 e. The fraction of sp³-hybridized carbons (Fsp3) is 0.979. The molecule has 0 aromatic heterocycles. The van der Waals surface area contributed by atoms with Gasteiger partial charge in [-0.05, 0) is 0 Å². The maximum absolute atomic E-state index is 11.4. The average Bonchev–Trinajstić information content (AvgIpc) is 3.37. The highest BCUT2D eigenvalue weighted by atomic mass is 16.6. The Morgan fingerprint density at radius 3 is 0.437 bits per heavy atom. The summed E-state index contributed by atoms with van der Waals surface area (Å²) in [6.45, 7) is 24.6. The normalized spacial score (nSPS) is 11.8. The summed E-state index contributed by atoms with van der Waals surface area (Å²) in [6.07, 6.45) is 0. The number of hydrogen-bond donors (Lipinski definition) is 0. The minimum atomic E-state index is -0.0102. The van der Waals surface area contributed by atoms with Crippen LogP contribution in [0.3, 0.4) is 0 Å². The molecule has 0 heterocycles. The van der Waals surface area contributed by atoms with Crippen LogP contribution in [-0.4, -0.2) is 297 Å². The summed E-state index contributed by atoms with van der Waals surface area (Å²) in [7, 11) is 1.64. The third kappa shape index (κ3) is 64.8. The maximum atomic E-state index is 11.4. The molecule has 23 heteroatoms. The Morgan fingerprint density at radius 2 is 0.324 bits per heavy atom. The highest BCUT2D eigenvalue weighted by Crippen LogP contribution is 1.95. The van der Waals surface area contributed by atoms with Gasteiger partial charge in [0.25, 0.3) is 0 Å². The lowest BCUT2D eigenvalue weighted by atomic mass is 10.1. The molecule has 0 aromatic rings. The van der Waals surface area contributed by atoms with Crippen molar-refractivity contribution in [1.29, 1.82) is 0 Å². The largest absolute Gasteiger partial charge is 0.382 e. The molecule has 0 radical (unpaired) electrons. The van der Waals surface area contributed by atoms with Crippen molar-refractivity contribution in [3.05, 3.63) is 0 Å². The predicted octanol–water partition coefficient (Wildman–Crippen LogP) is 1.21. The van der Waals surface area contributed by atoms with E-state index in [9.17, 15) is 4.79 Å². The van der Waals surface area contributed by atoms with Crippen molar-refractivity contribution in [2.24, 2.45) is 5.92 Å². The Kier molecular flexibility index (Phi) is 63.8. The first-order chi connectivity index (χ1) is 35.2. The molecule has 426 valence electrons. The van der Waals surface area contributed by atoms with Crippen molar-refractivity contribution < 1.29 is 109 Å². The molecule has 23 nitrogen and oxygen atoms in total. The highest BCUT2D eigenvalue weighted by molar-refractivity contribution is 5.81. The molecule has 0 spiro atoms. The van der Waals surface area contributed by atoms with Gasteiger partial charge in [-0.3, -0.25) is 4.79 Å². The van der Waals surface area contributed by atoms with Gasteiger partial charge >= 0.3 is 0 Å². The summed E-state index contributed by atoms with van der Waals surface area (Å²) >= 11 is 0. The molecule has 0 amide bonds. The Morgan fingerprint density at radius 1 is 0.211 bits per heavy atom. The third-order valence-corrected chi connectivity index (χ3v) is 8.76. The molecule has 0 aliphatic heterocycles. The van der Waals surface area contributed by atoms with E-state index in [0.717, 1.165) is 0 Å². The zero-order valence-electron chi connectivity index (χ0n) is 43.9. The van der Waals surface area contributed by atoms with Crippen LogP contribution in [0.4, 0.5) is 0 Å². The Labute approximate surface area is 425 Å². The topological polar surface area (TPSA) is 220 Å². The SMILES string of the molecule is COCCOCCOCCOCCOCCOCCOCCOCCOCCOCCOCCOCCOCCOCCOCCOCCOCCOCCOCCOCCOCCOCC(=O)C(C)C. The van der Waals surface area contributed by atoms with Crippen LogP contribution in [0.5, 0.6) is 0 Å². The van der Waals surface area contributed by atoms with E-state index in [-0.39, 0.29) is 18.3 Å². The summed E-state index contributed by atoms with van der Waals surface area (Å²) in [5.74, 6) is 0.0816. The quantitative estimate of drug-likeness (QED) is 0.0782. The summed E-state index contributed by atoms with van der Waals surface area (Å²) in [6, 6.07) is 0. The van der Waals surface area contributed by atoms with Crippen LogP contribution in [0.25, 0.3) is 0 Å². The Balaban J connectivity index is 3.08. The molecule has 0 saturated heterocycles. The second-order valence-electron chi connectivity index (χ2n) is 14.9. The molecule has 0 atom stereocenters. The van der Waals surface area contributed by atoms with E-state index in [1.165, 1.54) is 0 Å². The summed E-state index contributed by atoms with van der Waals surface area (Å²) in [5, 5.41) is 0. The van der Waals surface area contributed by atoms with E-state index in [2.05, 4.69) is 0 Å².